The van der Waals surface area contributed by atoms with Gasteiger partial charge in [0, 0.05) is 5.92 Å². The van der Waals surface area contributed by atoms with E-state index in [1.165, 1.54) is 16.7 Å². The molecule has 0 aliphatic carbocycles. The lowest BCUT2D eigenvalue weighted by Crippen LogP contribution is -2.06. The maximum atomic E-state index is 11.5. The molecular weight excluding hydrogens is 268 g/mol. The lowest BCUT2D eigenvalue weighted by molar-refractivity contribution is -0.109. The molecule has 0 saturated carbocycles. The number of benzene rings is 2. The first-order valence-corrected chi connectivity index (χ1v) is 8.15. The molecule has 0 heterocycles. The lowest BCUT2D eigenvalue weighted by Gasteiger charge is -2.17. The van der Waals surface area contributed by atoms with Gasteiger partial charge in [0.1, 0.15) is 6.29 Å². The first-order valence-electron chi connectivity index (χ1n) is 8.15. The Labute approximate surface area is 134 Å². The largest absolute Gasteiger partial charge is 0.303 e. The van der Waals surface area contributed by atoms with Gasteiger partial charge in [-0.05, 0) is 40.5 Å². The van der Waals surface area contributed by atoms with Gasteiger partial charge in [-0.3, -0.25) is 0 Å². The van der Waals surface area contributed by atoms with Crippen LogP contribution in [-0.4, -0.2) is 6.29 Å². The van der Waals surface area contributed by atoms with Crippen molar-refractivity contribution in [3.05, 3.63) is 70.8 Å². The second kappa shape index (κ2) is 7.40. The molecule has 2 rings (SSSR count). The molecule has 0 amide bonds. The van der Waals surface area contributed by atoms with Crippen LogP contribution in [0.15, 0.2) is 48.5 Å². The zero-order chi connectivity index (χ0) is 16.1. The number of rotatable bonds is 6. The normalized spacial score (nSPS) is 12.6. The van der Waals surface area contributed by atoms with Crippen LogP contribution in [0.3, 0.4) is 0 Å². The number of carbonyl (C=O) groups is 1. The summed E-state index contributed by atoms with van der Waals surface area (Å²) in [6, 6.07) is 16.9. The summed E-state index contributed by atoms with van der Waals surface area (Å²) in [6.07, 6.45) is 1.85. The van der Waals surface area contributed by atoms with Crippen LogP contribution in [0.5, 0.6) is 0 Å². The van der Waals surface area contributed by atoms with Gasteiger partial charge in [-0.1, -0.05) is 76.2 Å². The molecular formula is C21H26O. The maximum Gasteiger partial charge on any atom is 0.127 e. The van der Waals surface area contributed by atoms with E-state index in [9.17, 15) is 4.79 Å². The Balaban J connectivity index is 2.33. The van der Waals surface area contributed by atoms with Crippen molar-refractivity contribution in [1.82, 2.24) is 0 Å². The van der Waals surface area contributed by atoms with Crippen LogP contribution in [0.1, 0.15) is 67.7 Å². The summed E-state index contributed by atoms with van der Waals surface area (Å²) in [5.41, 5.74) is 5.08. The number of hydrogen-bond donors (Lipinski definition) is 0. The van der Waals surface area contributed by atoms with Crippen molar-refractivity contribution >= 4 is 6.29 Å². The molecule has 1 unspecified atom stereocenters. The van der Waals surface area contributed by atoms with Crippen LogP contribution >= 0.6 is 0 Å². The molecule has 0 bridgehead atoms. The molecule has 0 saturated heterocycles. The van der Waals surface area contributed by atoms with E-state index in [1.54, 1.807) is 0 Å². The van der Waals surface area contributed by atoms with Crippen LogP contribution < -0.4 is 0 Å². The van der Waals surface area contributed by atoms with Crippen molar-refractivity contribution in [2.24, 2.45) is 0 Å². The van der Waals surface area contributed by atoms with E-state index in [0.29, 0.717) is 11.8 Å². The van der Waals surface area contributed by atoms with E-state index in [1.807, 2.05) is 30.3 Å². The number of carbonyl (C=O) groups excluding carboxylic acids is 1. The summed E-state index contributed by atoms with van der Waals surface area (Å²) in [5.74, 6) is 0.941. The van der Waals surface area contributed by atoms with E-state index in [2.05, 4.69) is 45.9 Å². The van der Waals surface area contributed by atoms with Gasteiger partial charge in [-0.15, -0.1) is 0 Å². The minimum absolute atomic E-state index is 0.0661. The monoisotopic (exact) mass is 294 g/mol. The van der Waals surface area contributed by atoms with Crippen LogP contribution in [0, 0.1) is 0 Å². The predicted octanol–water partition coefficient (Wildman–Crippen LogP) is 5.46. The highest BCUT2D eigenvalue weighted by molar-refractivity contribution is 5.63. The highest BCUT2D eigenvalue weighted by Crippen LogP contribution is 2.26. The van der Waals surface area contributed by atoms with Crippen molar-refractivity contribution < 1.29 is 4.79 Å². The molecule has 1 heteroatoms. The Kier molecular flexibility index (Phi) is 5.54. The molecule has 0 fully saturated rings. The summed E-state index contributed by atoms with van der Waals surface area (Å²) >= 11 is 0. The minimum atomic E-state index is -0.0661. The molecule has 1 atom stereocenters. The SMILES string of the molecule is CC(C)c1cc(CC(C=O)c2ccccc2)cc(C(C)C)c1. The average molecular weight is 294 g/mol. The third kappa shape index (κ3) is 4.07. The zero-order valence-electron chi connectivity index (χ0n) is 14.0. The molecule has 0 radical (unpaired) electrons. The Morgan fingerprint density at radius 3 is 1.82 bits per heavy atom. The van der Waals surface area contributed by atoms with Crippen molar-refractivity contribution in [2.45, 2.75) is 51.9 Å². The molecule has 116 valence electrons. The average Bonchev–Trinajstić information content (AvgIpc) is 2.53. The number of hydrogen-bond acceptors (Lipinski definition) is 1. The van der Waals surface area contributed by atoms with Crippen molar-refractivity contribution in [3.8, 4) is 0 Å². The van der Waals surface area contributed by atoms with Crippen LogP contribution in [0.4, 0.5) is 0 Å². The Morgan fingerprint density at radius 1 is 0.818 bits per heavy atom. The van der Waals surface area contributed by atoms with Gasteiger partial charge in [0.05, 0.1) is 0 Å². The second-order valence-electron chi connectivity index (χ2n) is 6.67. The maximum absolute atomic E-state index is 11.5. The first kappa shape index (κ1) is 16.5. The molecule has 1 nitrogen and oxygen atoms in total. The summed E-state index contributed by atoms with van der Waals surface area (Å²) in [7, 11) is 0. The van der Waals surface area contributed by atoms with Gasteiger partial charge >= 0.3 is 0 Å². The van der Waals surface area contributed by atoms with E-state index < -0.39 is 0 Å². The Morgan fingerprint density at radius 2 is 1.36 bits per heavy atom. The molecule has 0 aliphatic rings. The fourth-order valence-corrected chi connectivity index (χ4v) is 2.73. The predicted molar refractivity (Wildman–Crippen MR) is 93.6 cm³/mol. The van der Waals surface area contributed by atoms with Crippen LogP contribution in [0.25, 0.3) is 0 Å². The van der Waals surface area contributed by atoms with Gasteiger partial charge in [0.15, 0.2) is 0 Å². The first-order chi connectivity index (χ1) is 10.5. The highest BCUT2D eigenvalue weighted by atomic mass is 16.1. The van der Waals surface area contributed by atoms with Crippen molar-refractivity contribution in [2.75, 3.05) is 0 Å². The Bertz CT molecular complexity index is 585. The standard InChI is InChI=1S/C21H26O/c1-15(2)19-10-17(11-20(13-19)16(3)4)12-21(14-22)18-8-6-5-7-9-18/h5-11,13-16,21H,12H2,1-4H3. The Hall–Kier alpha value is -1.89. The van der Waals surface area contributed by atoms with E-state index in [0.717, 1.165) is 18.3 Å². The van der Waals surface area contributed by atoms with Crippen LogP contribution in [0.2, 0.25) is 0 Å². The van der Waals surface area contributed by atoms with Gasteiger partial charge < -0.3 is 4.79 Å². The third-order valence-electron chi connectivity index (χ3n) is 4.22. The van der Waals surface area contributed by atoms with E-state index in [-0.39, 0.29) is 5.92 Å². The topological polar surface area (TPSA) is 17.1 Å². The molecule has 22 heavy (non-hydrogen) atoms. The molecule has 2 aromatic carbocycles. The molecule has 0 spiro atoms. The summed E-state index contributed by atoms with van der Waals surface area (Å²) in [6.45, 7) is 8.88. The zero-order valence-corrected chi connectivity index (χ0v) is 14.0. The fraction of sp³-hybridized carbons (Fsp3) is 0.381. The lowest BCUT2D eigenvalue weighted by atomic mass is 9.88. The molecule has 0 N–H and O–H groups in total. The quantitative estimate of drug-likeness (QED) is 0.647. The summed E-state index contributed by atoms with van der Waals surface area (Å²) < 4.78 is 0. The molecule has 2 aromatic rings. The summed E-state index contributed by atoms with van der Waals surface area (Å²) in [4.78, 5) is 11.5. The van der Waals surface area contributed by atoms with E-state index >= 15 is 0 Å². The van der Waals surface area contributed by atoms with Gasteiger partial charge in [0.2, 0.25) is 0 Å². The number of aldehydes is 1. The van der Waals surface area contributed by atoms with Crippen LogP contribution in [-0.2, 0) is 11.2 Å². The molecule has 0 aliphatic heterocycles. The van der Waals surface area contributed by atoms with Crippen molar-refractivity contribution in [1.29, 1.82) is 0 Å². The molecule has 0 aromatic heterocycles. The second-order valence-corrected chi connectivity index (χ2v) is 6.67. The smallest absolute Gasteiger partial charge is 0.127 e. The van der Waals surface area contributed by atoms with Gasteiger partial charge in [-0.25, -0.2) is 0 Å². The highest BCUT2D eigenvalue weighted by Gasteiger charge is 2.13. The minimum Gasteiger partial charge on any atom is -0.303 e. The van der Waals surface area contributed by atoms with Crippen molar-refractivity contribution in [3.63, 3.8) is 0 Å². The van der Waals surface area contributed by atoms with Gasteiger partial charge in [-0.2, -0.15) is 0 Å². The fourth-order valence-electron chi connectivity index (χ4n) is 2.73. The third-order valence-corrected chi connectivity index (χ3v) is 4.22. The summed E-state index contributed by atoms with van der Waals surface area (Å²) in [5, 5.41) is 0. The van der Waals surface area contributed by atoms with E-state index in [4.69, 9.17) is 0 Å². The van der Waals surface area contributed by atoms with Gasteiger partial charge in [0.25, 0.3) is 0 Å².